The molecule has 1 aliphatic rings. The van der Waals surface area contributed by atoms with Gasteiger partial charge in [0.25, 0.3) is 10.0 Å². The van der Waals surface area contributed by atoms with Crippen molar-refractivity contribution in [1.29, 1.82) is 0 Å². The number of hydrogen-bond acceptors (Lipinski definition) is 5. The van der Waals surface area contributed by atoms with Crippen molar-refractivity contribution in [3.8, 4) is 0 Å². The first kappa shape index (κ1) is 16.6. The normalized spacial score (nSPS) is 15.5. The molecule has 4 rings (SSSR count). The van der Waals surface area contributed by atoms with Crippen LogP contribution in [-0.4, -0.2) is 38.8 Å². The third-order valence-corrected chi connectivity index (χ3v) is 6.59. The lowest BCUT2D eigenvalue weighted by Gasteiger charge is -2.26. The molecule has 0 spiro atoms. The van der Waals surface area contributed by atoms with Gasteiger partial charge in [0.05, 0.1) is 0 Å². The summed E-state index contributed by atoms with van der Waals surface area (Å²) in [5.74, 6) is 0.666. The van der Waals surface area contributed by atoms with E-state index in [0.717, 1.165) is 21.1 Å². The van der Waals surface area contributed by atoms with Crippen LogP contribution in [0.4, 0.5) is 0 Å². The van der Waals surface area contributed by atoms with E-state index in [-0.39, 0.29) is 5.03 Å². The average Bonchev–Trinajstić information content (AvgIpc) is 2.92. The summed E-state index contributed by atoms with van der Waals surface area (Å²) >= 11 is 3.40. The van der Waals surface area contributed by atoms with E-state index in [0.29, 0.717) is 31.0 Å². The molecular formula is C16H16BrN5O2S. The number of aromatic nitrogens is 4. The zero-order valence-corrected chi connectivity index (χ0v) is 16.2. The zero-order chi connectivity index (χ0) is 17.8. The summed E-state index contributed by atoms with van der Waals surface area (Å²) < 4.78 is 29.8. The van der Waals surface area contributed by atoms with Gasteiger partial charge in [0, 0.05) is 54.5 Å². The number of hydrogen-bond donors (Lipinski definition) is 0. The van der Waals surface area contributed by atoms with Crippen LogP contribution in [-0.2, 0) is 30.0 Å². The maximum absolute atomic E-state index is 12.9. The molecular weight excluding hydrogens is 406 g/mol. The first-order valence-corrected chi connectivity index (χ1v) is 10.0. The molecule has 0 atom stereocenters. The molecule has 0 N–H and O–H groups in total. The Kier molecular flexibility index (Phi) is 3.89. The highest BCUT2D eigenvalue weighted by Crippen LogP contribution is 2.26. The third kappa shape index (κ3) is 2.86. The van der Waals surface area contributed by atoms with Crippen molar-refractivity contribution >= 4 is 37.0 Å². The van der Waals surface area contributed by atoms with E-state index in [1.807, 2.05) is 12.1 Å². The van der Waals surface area contributed by atoms with Gasteiger partial charge in [-0.2, -0.15) is 4.31 Å². The first-order valence-electron chi connectivity index (χ1n) is 7.79. The number of aryl methyl sites for hydroxylation is 2. The molecule has 0 aliphatic carbocycles. The summed E-state index contributed by atoms with van der Waals surface area (Å²) in [7, 11) is -1.83. The quantitative estimate of drug-likeness (QED) is 0.633. The van der Waals surface area contributed by atoms with Gasteiger partial charge in [-0.05, 0) is 40.5 Å². The van der Waals surface area contributed by atoms with Gasteiger partial charge >= 0.3 is 0 Å². The summed E-state index contributed by atoms with van der Waals surface area (Å²) in [6.07, 6.45) is 3.83. The number of nitrogens with zero attached hydrogens (tertiary/aromatic N) is 5. The molecule has 130 valence electrons. The van der Waals surface area contributed by atoms with Crippen LogP contribution >= 0.6 is 15.9 Å². The van der Waals surface area contributed by atoms with Crippen molar-refractivity contribution in [3.63, 3.8) is 0 Å². The van der Waals surface area contributed by atoms with Crippen LogP contribution < -0.4 is 0 Å². The fraction of sp³-hybridized carbons (Fsp3) is 0.312. The van der Waals surface area contributed by atoms with Gasteiger partial charge in [-0.25, -0.2) is 23.4 Å². The molecule has 25 heavy (non-hydrogen) atoms. The van der Waals surface area contributed by atoms with Gasteiger partial charge in [0.2, 0.25) is 0 Å². The lowest BCUT2D eigenvalue weighted by atomic mass is 10.1. The first-order chi connectivity index (χ1) is 11.8. The van der Waals surface area contributed by atoms with E-state index >= 15 is 0 Å². The van der Waals surface area contributed by atoms with Crippen LogP contribution in [0.5, 0.6) is 0 Å². The molecule has 0 fully saturated rings. The zero-order valence-electron chi connectivity index (χ0n) is 13.8. The van der Waals surface area contributed by atoms with Crippen molar-refractivity contribution in [2.45, 2.75) is 24.9 Å². The fourth-order valence-electron chi connectivity index (χ4n) is 2.96. The Labute approximate surface area is 153 Å². The van der Waals surface area contributed by atoms with E-state index in [1.54, 1.807) is 30.9 Å². The molecule has 0 saturated heterocycles. The minimum atomic E-state index is -3.62. The van der Waals surface area contributed by atoms with E-state index in [4.69, 9.17) is 0 Å². The van der Waals surface area contributed by atoms with E-state index in [1.165, 1.54) is 4.31 Å². The Morgan fingerprint density at radius 2 is 2.04 bits per heavy atom. The van der Waals surface area contributed by atoms with Crippen LogP contribution in [0, 0.1) is 6.92 Å². The Hall–Kier alpha value is -1.84. The van der Waals surface area contributed by atoms with Crippen molar-refractivity contribution < 1.29 is 8.42 Å². The Balaban J connectivity index is 1.72. The topological polar surface area (TPSA) is 81.0 Å². The minimum Gasteiger partial charge on any atom is -0.337 e. The second-order valence-corrected chi connectivity index (χ2v) is 8.92. The van der Waals surface area contributed by atoms with Crippen LogP contribution in [0.2, 0.25) is 0 Å². The van der Waals surface area contributed by atoms with E-state index in [9.17, 15) is 8.42 Å². The number of sulfonamides is 1. The second-order valence-electron chi connectivity index (χ2n) is 6.12. The largest absolute Gasteiger partial charge is 0.337 e. The summed E-state index contributed by atoms with van der Waals surface area (Å²) in [5, 5.41) is 0.982. The number of pyridine rings is 2. The standard InChI is InChI=1S/C16H16BrN5O2S/c1-10-19-15(9-21(10)2)25(23,24)22-4-3-14-12(8-22)5-11-6-13(17)7-18-16(11)20-14/h5-7,9H,3-4,8H2,1-2H3. The van der Waals surface area contributed by atoms with Crippen LogP contribution in [0.1, 0.15) is 17.1 Å². The Morgan fingerprint density at radius 3 is 2.76 bits per heavy atom. The van der Waals surface area contributed by atoms with Gasteiger partial charge in [0.1, 0.15) is 5.82 Å². The SMILES string of the molecule is Cc1nc(S(=O)(=O)N2CCc3nc4ncc(Br)cc4cc3C2)cn1C. The van der Waals surface area contributed by atoms with Crippen molar-refractivity contribution in [3.05, 3.63) is 46.1 Å². The van der Waals surface area contributed by atoms with Crippen molar-refractivity contribution in [2.24, 2.45) is 7.05 Å². The highest BCUT2D eigenvalue weighted by atomic mass is 79.9. The van der Waals surface area contributed by atoms with Gasteiger partial charge in [-0.3, -0.25) is 0 Å². The van der Waals surface area contributed by atoms with Crippen LogP contribution in [0.15, 0.2) is 34.0 Å². The van der Waals surface area contributed by atoms with Crippen LogP contribution in [0.3, 0.4) is 0 Å². The lowest BCUT2D eigenvalue weighted by Crippen LogP contribution is -2.36. The molecule has 0 aromatic carbocycles. The summed E-state index contributed by atoms with van der Waals surface area (Å²) in [5.41, 5.74) is 2.50. The molecule has 0 amide bonds. The molecule has 3 aromatic rings. The Morgan fingerprint density at radius 1 is 1.24 bits per heavy atom. The fourth-order valence-corrected chi connectivity index (χ4v) is 4.75. The van der Waals surface area contributed by atoms with Crippen molar-refractivity contribution in [2.75, 3.05) is 6.54 Å². The predicted molar refractivity (Wildman–Crippen MR) is 96.5 cm³/mol. The second kappa shape index (κ2) is 5.86. The average molecular weight is 422 g/mol. The number of rotatable bonds is 2. The predicted octanol–water partition coefficient (Wildman–Crippen LogP) is 2.18. The maximum atomic E-state index is 12.9. The molecule has 0 radical (unpaired) electrons. The minimum absolute atomic E-state index is 0.0918. The number of fused-ring (bicyclic) bond motifs is 2. The van der Waals surface area contributed by atoms with Gasteiger partial charge < -0.3 is 4.57 Å². The molecule has 7 nitrogen and oxygen atoms in total. The monoisotopic (exact) mass is 421 g/mol. The number of imidazole rings is 1. The van der Waals surface area contributed by atoms with E-state index < -0.39 is 10.0 Å². The molecule has 9 heteroatoms. The molecule has 0 saturated carbocycles. The van der Waals surface area contributed by atoms with Crippen molar-refractivity contribution in [1.82, 2.24) is 23.8 Å². The molecule has 4 heterocycles. The third-order valence-electron chi connectivity index (χ3n) is 4.44. The molecule has 0 unspecified atom stereocenters. The smallest absolute Gasteiger partial charge is 0.262 e. The summed E-state index contributed by atoms with van der Waals surface area (Å²) in [4.78, 5) is 13.1. The van der Waals surface area contributed by atoms with E-state index in [2.05, 4.69) is 30.9 Å². The molecule has 3 aromatic heterocycles. The van der Waals surface area contributed by atoms with Gasteiger partial charge in [0.15, 0.2) is 10.7 Å². The number of halogens is 1. The van der Waals surface area contributed by atoms with Gasteiger partial charge in [-0.15, -0.1) is 0 Å². The highest BCUT2D eigenvalue weighted by Gasteiger charge is 2.31. The molecule has 1 aliphatic heterocycles. The highest BCUT2D eigenvalue weighted by molar-refractivity contribution is 9.10. The maximum Gasteiger partial charge on any atom is 0.262 e. The lowest BCUT2D eigenvalue weighted by molar-refractivity contribution is 0.387. The van der Waals surface area contributed by atoms with Gasteiger partial charge in [-0.1, -0.05) is 0 Å². The summed E-state index contributed by atoms with van der Waals surface area (Å²) in [6, 6.07) is 3.91. The summed E-state index contributed by atoms with van der Waals surface area (Å²) in [6.45, 7) is 2.47. The van der Waals surface area contributed by atoms with Crippen LogP contribution in [0.25, 0.3) is 11.0 Å². The molecule has 0 bridgehead atoms. The Bertz CT molecular complexity index is 1070.